The van der Waals surface area contributed by atoms with Gasteiger partial charge >= 0.3 is 0 Å². The Labute approximate surface area is 186 Å². The summed E-state index contributed by atoms with van der Waals surface area (Å²) in [4.78, 5) is 14.6. The molecule has 14 nitrogen and oxygen atoms in total. The molecule has 0 saturated carbocycles. The first-order chi connectivity index (χ1) is 15.1. The van der Waals surface area contributed by atoms with Gasteiger partial charge in [0.05, 0.1) is 44.6 Å². The number of aliphatic hydroxyl groups excluding tert-OH is 6. The molecule has 9 N–H and O–H groups in total. The van der Waals surface area contributed by atoms with Crippen molar-refractivity contribution in [1.82, 2.24) is 5.32 Å². The molecule has 0 fully saturated rings. The minimum Gasteiger partial charge on any atom is -0.394 e. The highest BCUT2D eigenvalue weighted by Gasteiger charge is 2.31. The molecule has 0 aliphatic carbocycles. The fraction of sp³-hybridized carbons (Fsp3) is 0.944. The molecule has 188 valence electrons. The summed E-state index contributed by atoms with van der Waals surface area (Å²) in [5, 5.41) is 63.0. The molecule has 0 spiro atoms. The van der Waals surface area contributed by atoms with E-state index in [0.29, 0.717) is 0 Å². The van der Waals surface area contributed by atoms with E-state index in [1.807, 2.05) is 0 Å². The number of rotatable bonds is 18. The smallest absolute Gasteiger partial charge is 0.249 e. The van der Waals surface area contributed by atoms with Gasteiger partial charge in [0, 0.05) is 11.5 Å². The van der Waals surface area contributed by atoms with Crippen molar-refractivity contribution in [3.05, 3.63) is 10.4 Å². The summed E-state index contributed by atoms with van der Waals surface area (Å²) in [6, 6.07) is -1.49. The Morgan fingerprint density at radius 1 is 1.06 bits per heavy atom. The minimum absolute atomic E-state index is 0.0653. The van der Waals surface area contributed by atoms with Crippen LogP contribution in [-0.4, -0.2) is 112 Å². The lowest BCUT2D eigenvalue weighted by Crippen LogP contribution is -2.48. The van der Waals surface area contributed by atoms with Crippen molar-refractivity contribution < 1.29 is 44.9 Å². The maximum absolute atomic E-state index is 12.0. The molecule has 0 aliphatic heterocycles. The zero-order valence-electron chi connectivity index (χ0n) is 18.4. The lowest BCUT2D eigenvalue weighted by molar-refractivity contribution is -0.238. The number of hydrogen-bond acceptors (Lipinski definition) is 11. The zero-order valence-corrected chi connectivity index (χ0v) is 18.4. The van der Waals surface area contributed by atoms with Crippen LogP contribution in [0.1, 0.15) is 26.7 Å². The van der Waals surface area contributed by atoms with Crippen molar-refractivity contribution in [2.75, 3.05) is 33.0 Å². The highest BCUT2D eigenvalue weighted by Crippen LogP contribution is 2.19. The Kier molecular flexibility index (Phi) is 16.1. The molecule has 0 aliphatic rings. The molecule has 0 saturated heterocycles. The summed E-state index contributed by atoms with van der Waals surface area (Å²) < 4.78 is 11.2. The summed E-state index contributed by atoms with van der Waals surface area (Å²) in [5.74, 6) is -1.18. The standard InChI is InChI=1S/C18H37N5O9/c1-10(5-12(6-24)22-17(30)13(28)3-4-21-23-20)15(8-26)31-18(11(2)19)32-16(9-27)14(29)7-25/h10-16,18,24-29H,3-9,19H2,1-2H3,(H,22,30)/t10?,11-,12+,13-,14-,15-,16?,18-/m0/s1. The predicted octanol–water partition coefficient (Wildman–Crippen LogP) is -2.67. The van der Waals surface area contributed by atoms with Gasteiger partial charge in [-0.3, -0.25) is 4.79 Å². The van der Waals surface area contributed by atoms with E-state index in [2.05, 4.69) is 15.3 Å². The van der Waals surface area contributed by atoms with Crippen LogP contribution in [0, 0.1) is 5.92 Å². The quantitative estimate of drug-likeness (QED) is 0.0449. The van der Waals surface area contributed by atoms with Crippen molar-refractivity contribution in [3.8, 4) is 0 Å². The fourth-order valence-electron chi connectivity index (χ4n) is 2.79. The number of carbonyl (C=O) groups excluding carboxylic acids is 1. The summed E-state index contributed by atoms with van der Waals surface area (Å²) in [5.41, 5.74) is 14.1. The second kappa shape index (κ2) is 17.0. The normalized spacial score (nSPS) is 19.0. The maximum atomic E-state index is 12.0. The van der Waals surface area contributed by atoms with Crippen LogP contribution in [0.25, 0.3) is 10.4 Å². The van der Waals surface area contributed by atoms with E-state index in [-0.39, 0.29) is 19.4 Å². The highest BCUT2D eigenvalue weighted by atomic mass is 16.7. The Hall–Kier alpha value is -1.58. The van der Waals surface area contributed by atoms with E-state index in [1.165, 1.54) is 0 Å². The van der Waals surface area contributed by atoms with Gasteiger partial charge in [0.2, 0.25) is 5.91 Å². The third-order valence-electron chi connectivity index (χ3n) is 4.75. The van der Waals surface area contributed by atoms with Crippen LogP contribution in [-0.2, 0) is 14.3 Å². The van der Waals surface area contributed by atoms with Crippen LogP contribution in [0.4, 0.5) is 0 Å². The summed E-state index contributed by atoms with van der Waals surface area (Å²) >= 11 is 0. The van der Waals surface area contributed by atoms with Crippen molar-refractivity contribution in [1.29, 1.82) is 0 Å². The van der Waals surface area contributed by atoms with Gasteiger partial charge in [-0.2, -0.15) is 0 Å². The lowest BCUT2D eigenvalue weighted by Gasteiger charge is -2.34. The van der Waals surface area contributed by atoms with Gasteiger partial charge < -0.3 is 51.2 Å². The van der Waals surface area contributed by atoms with Crippen LogP contribution < -0.4 is 11.1 Å². The highest BCUT2D eigenvalue weighted by molar-refractivity contribution is 5.80. The van der Waals surface area contributed by atoms with Crippen molar-refractivity contribution in [2.45, 2.75) is 69.5 Å². The average molecular weight is 468 g/mol. The molecule has 8 atom stereocenters. The SMILES string of the molecule is CC(C[C@H](CO)NC(=O)[C@@H](O)CCN=[N+]=[N-])[C@H](CO)O[C@@H](OC(CO)[C@@H](O)CO)[C@H](C)N. The van der Waals surface area contributed by atoms with Gasteiger partial charge in [0.25, 0.3) is 0 Å². The maximum Gasteiger partial charge on any atom is 0.249 e. The van der Waals surface area contributed by atoms with E-state index >= 15 is 0 Å². The summed E-state index contributed by atoms with van der Waals surface area (Å²) in [7, 11) is 0. The average Bonchev–Trinajstić information content (AvgIpc) is 2.77. The lowest BCUT2D eigenvalue weighted by atomic mass is 9.96. The number of amides is 1. The van der Waals surface area contributed by atoms with Crippen LogP contribution in [0.2, 0.25) is 0 Å². The van der Waals surface area contributed by atoms with Crippen LogP contribution in [0.15, 0.2) is 5.11 Å². The summed E-state index contributed by atoms with van der Waals surface area (Å²) in [6.07, 6.45) is -5.86. The minimum atomic E-state index is -1.42. The number of aliphatic hydroxyl groups is 6. The first kappa shape index (κ1) is 30.4. The molecule has 0 aromatic rings. The monoisotopic (exact) mass is 467 g/mol. The molecule has 14 heteroatoms. The number of azide groups is 1. The largest absolute Gasteiger partial charge is 0.394 e. The van der Waals surface area contributed by atoms with E-state index < -0.39 is 81.0 Å². The van der Waals surface area contributed by atoms with Crippen LogP contribution >= 0.6 is 0 Å². The first-order valence-electron chi connectivity index (χ1n) is 10.3. The molecular formula is C18H37N5O9. The molecule has 0 rings (SSSR count). The molecule has 0 radical (unpaired) electrons. The molecule has 2 unspecified atom stereocenters. The molecule has 32 heavy (non-hydrogen) atoms. The second-order valence-electron chi connectivity index (χ2n) is 7.55. The van der Waals surface area contributed by atoms with E-state index in [9.17, 15) is 30.3 Å². The molecule has 1 amide bonds. The van der Waals surface area contributed by atoms with Crippen molar-refractivity contribution in [3.63, 3.8) is 0 Å². The molecule has 0 aromatic heterocycles. The Bertz CT molecular complexity index is 565. The number of hydrogen-bond donors (Lipinski definition) is 8. The van der Waals surface area contributed by atoms with E-state index in [0.717, 1.165) is 0 Å². The Balaban J connectivity index is 5.01. The third kappa shape index (κ3) is 11.3. The molecule has 0 bridgehead atoms. The van der Waals surface area contributed by atoms with Crippen molar-refractivity contribution in [2.24, 2.45) is 16.8 Å². The van der Waals surface area contributed by atoms with Gasteiger partial charge in [0.1, 0.15) is 18.3 Å². The van der Waals surface area contributed by atoms with Gasteiger partial charge in [-0.25, -0.2) is 0 Å². The van der Waals surface area contributed by atoms with Gasteiger partial charge in [-0.1, -0.05) is 12.0 Å². The van der Waals surface area contributed by atoms with Crippen LogP contribution in [0.3, 0.4) is 0 Å². The van der Waals surface area contributed by atoms with E-state index in [4.69, 9.17) is 25.8 Å². The fourth-order valence-corrected chi connectivity index (χ4v) is 2.79. The molecule has 0 aromatic carbocycles. The number of nitrogens with two attached hydrogens (primary N) is 1. The Morgan fingerprint density at radius 2 is 1.66 bits per heavy atom. The first-order valence-corrected chi connectivity index (χ1v) is 10.3. The molecular weight excluding hydrogens is 430 g/mol. The number of nitrogens with one attached hydrogen (secondary N) is 1. The second-order valence-corrected chi connectivity index (χ2v) is 7.55. The van der Waals surface area contributed by atoms with Gasteiger partial charge in [-0.15, -0.1) is 0 Å². The van der Waals surface area contributed by atoms with Gasteiger partial charge in [0.15, 0.2) is 6.29 Å². The number of carbonyl (C=O) groups is 1. The topological polar surface area (TPSA) is 244 Å². The van der Waals surface area contributed by atoms with Crippen LogP contribution in [0.5, 0.6) is 0 Å². The van der Waals surface area contributed by atoms with Gasteiger partial charge in [-0.05, 0) is 31.2 Å². The number of ether oxygens (including phenoxy) is 2. The Morgan fingerprint density at radius 3 is 2.12 bits per heavy atom. The van der Waals surface area contributed by atoms with Crippen molar-refractivity contribution >= 4 is 5.91 Å². The molecule has 0 heterocycles. The summed E-state index contributed by atoms with van der Waals surface area (Å²) in [6.45, 7) is 1.03. The third-order valence-corrected chi connectivity index (χ3v) is 4.75. The van der Waals surface area contributed by atoms with E-state index in [1.54, 1.807) is 13.8 Å². The predicted molar refractivity (Wildman–Crippen MR) is 112 cm³/mol. The number of nitrogens with zero attached hydrogens (tertiary/aromatic N) is 3. The zero-order chi connectivity index (χ0) is 24.7.